The van der Waals surface area contributed by atoms with Crippen molar-refractivity contribution in [2.45, 2.75) is 19.5 Å². The molecule has 1 unspecified atom stereocenters. The number of hydrogen-bond acceptors (Lipinski definition) is 2. The lowest BCUT2D eigenvalue weighted by Crippen LogP contribution is -2.16. The minimum Gasteiger partial charge on any atom is -0.402 e. The van der Waals surface area contributed by atoms with Crippen LogP contribution in [-0.2, 0) is 4.79 Å². The van der Waals surface area contributed by atoms with Gasteiger partial charge in [-0.05, 0) is 13.0 Å². The van der Waals surface area contributed by atoms with Crippen LogP contribution in [-0.4, -0.2) is 12.0 Å². The molecule has 0 saturated heterocycles. The van der Waals surface area contributed by atoms with E-state index >= 15 is 0 Å². The van der Waals surface area contributed by atoms with Crippen molar-refractivity contribution in [3.63, 3.8) is 0 Å². The van der Waals surface area contributed by atoms with Crippen LogP contribution in [0.25, 0.3) is 0 Å². The molecule has 0 bridgehead atoms. The number of halogens is 1. The predicted molar refractivity (Wildman–Crippen MR) is 40.5 cm³/mol. The first kappa shape index (κ1) is 7.98. The minimum absolute atomic E-state index is 0.0691. The molecule has 0 aromatic heterocycles. The van der Waals surface area contributed by atoms with E-state index in [0.29, 0.717) is 11.3 Å². The zero-order valence-electron chi connectivity index (χ0n) is 6.30. The minimum atomic E-state index is -1.13. The molecule has 1 atom stereocenters. The standard InChI is InChI=1S/C8H10FNO/c1-5(10)7-3-2-6(9)4-8(7)11/h2-3,6H,4,10H2,1H3. The average molecular weight is 155 g/mol. The summed E-state index contributed by atoms with van der Waals surface area (Å²) in [5, 5.41) is 0. The molecule has 3 heteroatoms. The van der Waals surface area contributed by atoms with Gasteiger partial charge >= 0.3 is 0 Å². The highest BCUT2D eigenvalue weighted by molar-refractivity contribution is 6.00. The molecule has 0 heterocycles. The van der Waals surface area contributed by atoms with Crippen LogP contribution in [0.2, 0.25) is 0 Å². The van der Waals surface area contributed by atoms with E-state index in [2.05, 4.69) is 0 Å². The van der Waals surface area contributed by atoms with Crippen LogP contribution in [0.4, 0.5) is 4.39 Å². The van der Waals surface area contributed by atoms with E-state index in [-0.39, 0.29) is 12.2 Å². The van der Waals surface area contributed by atoms with Crippen LogP contribution < -0.4 is 5.73 Å². The number of carbonyl (C=O) groups excluding carboxylic acids is 1. The third kappa shape index (κ3) is 1.67. The second-order valence-electron chi connectivity index (χ2n) is 2.60. The Kier molecular flexibility index (Phi) is 2.08. The molecule has 0 amide bonds. The first-order chi connectivity index (χ1) is 5.11. The summed E-state index contributed by atoms with van der Waals surface area (Å²) in [7, 11) is 0. The normalized spacial score (nSPS) is 28.9. The molecule has 2 N–H and O–H groups in total. The first-order valence-corrected chi connectivity index (χ1v) is 3.43. The lowest BCUT2D eigenvalue weighted by Gasteiger charge is -2.10. The van der Waals surface area contributed by atoms with Crippen LogP contribution in [0.15, 0.2) is 23.4 Å². The topological polar surface area (TPSA) is 43.1 Å². The second-order valence-corrected chi connectivity index (χ2v) is 2.60. The van der Waals surface area contributed by atoms with E-state index in [1.807, 2.05) is 0 Å². The van der Waals surface area contributed by atoms with Gasteiger partial charge in [-0.15, -0.1) is 0 Å². The third-order valence-corrected chi connectivity index (χ3v) is 1.58. The molecule has 0 aliphatic heterocycles. The highest BCUT2D eigenvalue weighted by Crippen LogP contribution is 2.16. The van der Waals surface area contributed by atoms with Gasteiger partial charge in [0.1, 0.15) is 6.17 Å². The Bertz CT molecular complexity index is 238. The lowest BCUT2D eigenvalue weighted by atomic mass is 9.98. The highest BCUT2D eigenvalue weighted by Gasteiger charge is 2.18. The first-order valence-electron chi connectivity index (χ1n) is 3.43. The maximum atomic E-state index is 12.5. The lowest BCUT2D eigenvalue weighted by molar-refractivity contribution is -0.116. The summed E-state index contributed by atoms with van der Waals surface area (Å²) in [5.41, 5.74) is 6.29. The molecular formula is C8H10FNO. The van der Waals surface area contributed by atoms with Crippen molar-refractivity contribution in [1.29, 1.82) is 0 Å². The van der Waals surface area contributed by atoms with E-state index in [9.17, 15) is 9.18 Å². The van der Waals surface area contributed by atoms with E-state index in [4.69, 9.17) is 5.73 Å². The van der Waals surface area contributed by atoms with Crippen LogP contribution in [0.5, 0.6) is 0 Å². The van der Waals surface area contributed by atoms with Crippen molar-refractivity contribution < 1.29 is 9.18 Å². The Morgan fingerprint density at radius 3 is 2.91 bits per heavy atom. The molecule has 2 nitrogen and oxygen atoms in total. The molecule has 0 saturated carbocycles. The molecule has 11 heavy (non-hydrogen) atoms. The van der Waals surface area contributed by atoms with Crippen LogP contribution in [0.3, 0.4) is 0 Å². The van der Waals surface area contributed by atoms with E-state index < -0.39 is 6.17 Å². The summed E-state index contributed by atoms with van der Waals surface area (Å²) in [5.74, 6) is -0.208. The van der Waals surface area contributed by atoms with Gasteiger partial charge in [-0.25, -0.2) is 4.39 Å². The molecule has 1 aliphatic carbocycles. The summed E-state index contributed by atoms with van der Waals surface area (Å²) in [6.07, 6.45) is 1.60. The Balaban J connectivity index is 2.95. The number of allylic oxidation sites excluding steroid dienone is 4. The molecule has 0 spiro atoms. The van der Waals surface area contributed by atoms with E-state index in [1.54, 1.807) is 6.92 Å². The Labute approximate surface area is 64.6 Å². The summed E-state index contributed by atoms with van der Waals surface area (Å²) in [4.78, 5) is 11.0. The van der Waals surface area contributed by atoms with Gasteiger partial charge in [0.25, 0.3) is 0 Å². The van der Waals surface area contributed by atoms with Crippen molar-refractivity contribution in [2.24, 2.45) is 5.73 Å². The number of alkyl halides is 1. The zero-order chi connectivity index (χ0) is 8.43. The smallest absolute Gasteiger partial charge is 0.167 e. The molecule has 1 rings (SSSR count). The molecule has 0 fully saturated rings. The molecule has 0 aromatic rings. The van der Waals surface area contributed by atoms with Gasteiger partial charge in [-0.2, -0.15) is 0 Å². The fraction of sp³-hybridized carbons (Fsp3) is 0.375. The molecule has 0 radical (unpaired) electrons. The number of rotatable bonds is 0. The van der Waals surface area contributed by atoms with Gasteiger partial charge < -0.3 is 5.73 Å². The number of ketones is 1. The molecule has 60 valence electrons. The highest BCUT2D eigenvalue weighted by atomic mass is 19.1. The number of nitrogens with two attached hydrogens (primary N) is 1. The van der Waals surface area contributed by atoms with Gasteiger partial charge in [-0.1, -0.05) is 6.08 Å². The van der Waals surface area contributed by atoms with Crippen molar-refractivity contribution in [1.82, 2.24) is 0 Å². The summed E-state index contributed by atoms with van der Waals surface area (Å²) in [6, 6.07) is 0. The van der Waals surface area contributed by atoms with Gasteiger partial charge in [0.2, 0.25) is 0 Å². The Morgan fingerprint density at radius 1 is 1.82 bits per heavy atom. The fourth-order valence-electron chi connectivity index (χ4n) is 1.00. The predicted octanol–water partition coefficient (Wildman–Crippen LogP) is 1.09. The molecular weight excluding hydrogens is 145 g/mol. The zero-order valence-corrected chi connectivity index (χ0v) is 6.30. The van der Waals surface area contributed by atoms with Gasteiger partial charge in [0, 0.05) is 17.7 Å². The van der Waals surface area contributed by atoms with Crippen LogP contribution in [0, 0.1) is 0 Å². The van der Waals surface area contributed by atoms with Gasteiger partial charge in [0.05, 0.1) is 0 Å². The van der Waals surface area contributed by atoms with Gasteiger partial charge in [0.15, 0.2) is 5.78 Å². The SMILES string of the molecule is CC(N)=C1C=CC(F)CC1=O. The molecule has 0 aromatic carbocycles. The Hall–Kier alpha value is -1.12. The monoisotopic (exact) mass is 155 g/mol. The third-order valence-electron chi connectivity index (χ3n) is 1.58. The maximum absolute atomic E-state index is 12.5. The number of carbonyl (C=O) groups is 1. The largest absolute Gasteiger partial charge is 0.402 e. The summed E-state index contributed by atoms with van der Waals surface area (Å²) in [6.45, 7) is 1.64. The van der Waals surface area contributed by atoms with Crippen molar-refractivity contribution >= 4 is 5.78 Å². The number of hydrogen-bond donors (Lipinski definition) is 1. The van der Waals surface area contributed by atoms with Crippen LogP contribution >= 0.6 is 0 Å². The summed E-state index contributed by atoms with van der Waals surface area (Å²) < 4.78 is 12.5. The van der Waals surface area contributed by atoms with E-state index in [1.165, 1.54) is 12.2 Å². The Morgan fingerprint density at radius 2 is 2.45 bits per heavy atom. The second kappa shape index (κ2) is 2.86. The number of Topliss-reactive ketones (excluding diaryl/α,β-unsaturated/α-hetero) is 1. The summed E-state index contributed by atoms with van der Waals surface area (Å²) >= 11 is 0. The van der Waals surface area contributed by atoms with Crippen molar-refractivity contribution in [2.75, 3.05) is 0 Å². The van der Waals surface area contributed by atoms with Crippen molar-refractivity contribution in [3.8, 4) is 0 Å². The van der Waals surface area contributed by atoms with Crippen molar-refractivity contribution in [3.05, 3.63) is 23.4 Å². The van der Waals surface area contributed by atoms with Crippen LogP contribution in [0.1, 0.15) is 13.3 Å². The average Bonchev–Trinajstić information content (AvgIpc) is 1.85. The fourth-order valence-corrected chi connectivity index (χ4v) is 1.00. The quantitative estimate of drug-likeness (QED) is 0.532. The maximum Gasteiger partial charge on any atom is 0.167 e. The van der Waals surface area contributed by atoms with E-state index in [0.717, 1.165) is 0 Å². The molecule has 1 aliphatic rings. The van der Waals surface area contributed by atoms with Gasteiger partial charge in [-0.3, -0.25) is 4.79 Å².